The van der Waals surface area contributed by atoms with Crippen LogP contribution in [-0.4, -0.2) is 76.9 Å². The second-order valence-electron chi connectivity index (χ2n) is 7.57. The number of benzene rings is 1. The Kier molecular flexibility index (Phi) is 5.77. The molecule has 1 saturated heterocycles. The second kappa shape index (κ2) is 8.46. The summed E-state index contributed by atoms with van der Waals surface area (Å²) in [6.45, 7) is 7.61. The van der Waals surface area contributed by atoms with Gasteiger partial charge in [-0.25, -0.2) is 4.39 Å². The molecule has 156 valence electrons. The van der Waals surface area contributed by atoms with Crippen LogP contribution < -0.4 is 4.90 Å². The molecule has 1 amide bonds. The van der Waals surface area contributed by atoms with Crippen molar-refractivity contribution in [3.63, 3.8) is 0 Å². The fourth-order valence-electron chi connectivity index (χ4n) is 4.05. The summed E-state index contributed by atoms with van der Waals surface area (Å²) in [6, 6.07) is 6.34. The number of anilines is 1. The van der Waals surface area contributed by atoms with Crippen molar-refractivity contribution in [2.24, 2.45) is 0 Å². The second-order valence-corrected chi connectivity index (χ2v) is 7.57. The minimum atomic E-state index is -0.305. The number of hydrogen-bond donors (Lipinski definition) is 0. The first-order valence-corrected chi connectivity index (χ1v) is 10.00. The number of aromatic nitrogens is 3. The van der Waals surface area contributed by atoms with E-state index in [-0.39, 0.29) is 17.8 Å². The molecule has 0 spiro atoms. The highest BCUT2D eigenvalue weighted by molar-refractivity contribution is 5.81. The van der Waals surface area contributed by atoms with Gasteiger partial charge in [0.1, 0.15) is 17.7 Å². The van der Waals surface area contributed by atoms with E-state index in [0.717, 1.165) is 43.5 Å². The molecule has 1 fully saturated rings. The van der Waals surface area contributed by atoms with Crippen molar-refractivity contribution in [2.75, 3.05) is 51.3 Å². The van der Waals surface area contributed by atoms with Gasteiger partial charge in [0.2, 0.25) is 5.91 Å². The molecule has 2 aliphatic heterocycles. The number of hydrogen-bond acceptors (Lipinski definition) is 6. The van der Waals surface area contributed by atoms with Gasteiger partial charge in [-0.3, -0.25) is 14.3 Å². The van der Waals surface area contributed by atoms with E-state index in [4.69, 9.17) is 4.74 Å². The normalized spacial score (nSPS) is 20.2. The number of amides is 1. The van der Waals surface area contributed by atoms with Crippen LogP contribution in [0.5, 0.6) is 0 Å². The number of halogens is 1. The highest BCUT2D eigenvalue weighted by Gasteiger charge is 2.33. The van der Waals surface area contributed by atoms with Gasteiger partial charge in [0.15, 0.2) is 5.82 Å². The summed E-state index contributed by atoms with van der Waals surface area (Å²) in [6.07, 6.45) is 0. The third-order valence-electron chi connectivity index (χ3n) is 5.72. The standard InChI is InChI=1S/C20H27FN6O2/c1-15-20(28)26(11-12-29-2)14-19-23-22-18(27(15)19)13-24-7-9-25(10-8-24)17-5-3-16(21)4-6-17/h3-6,15H,7-14H2,1-2H3/t15-/m0/s1. The van der Waals surface area contributed by atoms with Gasteiger partial charge >= 0.3 is 0 Å². The van der Waals surface area contributed by atoms with Gasteiger partial charge < -0.3 is 14.5 Å². The maximum atomic E-state index is 13.1. The van der Waals surface area contributed by atoms with Crippen molar-refractivity contribution in [3.8, 4) is 0 Å². The smallest absolute Gasteiger partial charge is 0.245 e. The van der Waals surface area contributed by atoms with Crippen molar-refractivity contribution in [3.05, 3.63) is 41.7 Å². The number of methoxy groups -OCH3 is 1. The molecule has 29 heavy (non-hydrogen) atoms. The van der Waals surface area contributed by atoms with E-state index < -0.39 is 0 Å². The Morgan fingerprint density at radius 1 is 1.14 bits per heavy atom. The Hall–Kier alpha value is -2.52. The molecule has 3 heterocycles. The van der Waals surface area contributed by atoms with Crippen LogP contribution in [-0.2, 0) is 22.6 Å². The van der Waals surface area contributed by atoms with Crippen molar-refractivity contribution in [1.82, 2.24) is 24.6 Å². The molecule has 1 aromatic carbocycles. The summed E-state index contributed by atoms with van der Waals surface area (Å²) in [5.41, 5.74) is 1.04. The third kappa shape index (κ3) is 4.11. The minimum absolute atomic E-state index is 0.0803. The van der Waals surface area contributed by atoms with Gasteiger partial charge in [0.25, 0.3) is 0 Å². The monoisotopic (exact) mass is 402 g/mol. The molecule has 0 bridgehead atoms. The third-order valence-corrected chi connectivity index (χ3v) is 5.72. The van der Waals surface area contributed by atoms with Crippen LogP contribution >= 0.6 is 0 Å². The molecule has 4 rings (SSSR count). The molecule has 2 aromatic rings. The molecular formula is C20H27FN6O2. The Morgan fingerprint density at radius 2 is 1.86 bits per heavy atom. The summed E-state index contributed by atoms with van der Waals surface area (Å²) in [4.78, 5) is 19.1. The van der Waals surface area contributed by atoms with Gasteiger partial charge in [-0.15, -0.1) is 10.2 Å². The van der Waals surface area contributed by atoms with Crippen molar-refractivity contribution in [2.45, 2.75) is 26.1 Å². The fourth-order valence-corrected chi connectivity index (χ4v) is 4.05. The lowest BCUT2D eigenvalue weighted by Gasteiger charge is -2.36. The van der Waals surface area contributed by atoms with Crippen molar-refractivity contribution in [1.29, 1.82) is 0 Å². The number of nitrogens with zero attached hydrogens (tertiary/aromatic N) is 6. The molecule has 1 atom stereocenters. The topological polar surface area (TPSA) is 66.7 Å². The van der Waals surface area contributed by atoms with E-state index in [1.54, 1.807) is 12.0 Å². The first-order valence-electron chi connectivity index (χ1n) is 10.00. The van der Waals surface area contributed by atoms with Crippen LogP contribution in [0.4, 0.5) is 10.1 Å². The fraction of sp³-hybridized carbons (Fsp3) is 0.550. The zero-order valence-electron chi connectivity index (χ0n) is 16.9. The number of carbonyl (C=O) groups excluding carboxylic acids is 1. The molecule has 9 heteroatoms. The Morgan fingerprint density at radius 3 is 2.55 bits per heavy atom. The predicted molar refractivity (Wildman–Crippen MR) is 106 cm³/mol. The molecule has 0 aliphatic carbocycles. The quantitative estimate of drug-likeness (QED) is 0.726. The van der Waals surface area contributed by atoms with Crippen LogP contribution in [0.1, 0.15) is 24.6 Å². The summed E-state index contributed by atoms with van der Waals surface area (Å²) in [5.74, 6) is 1.53. The maximum absolute atomic E-state index is 13.1. The lowest BCUT2D eigenvalue weighted by atomic mass is 10.2. The van der Waals surface area contributed by atoms with E-state index in [0.29, 0.717) is 26.2 Å². The molecule has 0 unspecified atom stereocenters. The van der Waals surface area contributed by atoms with E-state index in [1.807, 2.05) is 23.6 Å². The van der Waals surface area contributed by atoms with Gasteiger partial charge in [-0.1, -0.05) is 0 Å². The van der Waals surface area contributed by atoms with Crippen molar-refractivity contribution >= 4 is 11.6 Å². The van der Waals surface area contributed by atoms with Gasteiger partial charge in [-0.2, -0.15) is 0 Å². The summed E-state index contributed by atoms with van der Waals surface area (Å²) < 4.78 is 20.2. The number of carbonyl (C=O) groups is 1. The van der Waals surface area contributed by atoms with E-state index in [2.05, 4.69) is 20.0 Å². The number of piperazine rings is 1. The molecule has 1 aromatic heterocycles. The average Bonchev–Trinajstić information content (AvgIpc) is 3.13. The molecular weight excluding hydrogens is 375 g/mol. The molecule has 2 aliphatic rings. The summed E-state index contributed by atoms with van der Waals surface area (Å²) in [7, 11) is 1.63. The van der Waals surface area contributed by atoms with E-state index in [9.17, 15) is 9.18 Å². The van der Waals surface area contributed by atoms with E-state index in [1.165, 1.54) is 12.1 Å². The van der Waals surface area contributed by atoms with Gasteiger partial charge in [-0.05, 0) is 31.2 Å². The Balaban J connectivity index is 1.39. The molecule has 0 N–H and O–H groups in total. The van der Waals surface area contributed by atoms with E-state index >= 15 is 0 Å². The van der Waals surface area contributed by atoms with Gasteiger partial charge in [0.05, 0.1) is 19.7 Å². The summed E-state index contributed by atoms with van der Waals surface area (Å²) >= 11 is 0. The SMILES string of the molecule is COCCN1Cc2nnc(CN3CCN(c4ccc(F)cc4)CC3)n2[C@@H](C)C1=O. The minimum Gasteiger partial charge on any atom is -0.383 e. The van der Waals surface area contributed by atoms with Crippen LogP contribution in [0, 0.1) is 5.82 Å². The highest BCUT2D eigenvalue weighted by atomic mass is 19.1. The first kappa shape index (κ1) is 19.8. The maximum Gasteiger partial charge on any atom is 0.245 e. The van der Waals surface area contributed by atoms with Crippen LogP contribution in [0.3, 0.4) is 0 Å². The lowest BCUT2D eigenvalue weighted by molar-refractivity contribution is -0.137. The number of fused-ring (bicyclic) bond motifs is 1. The highest BCUT2D eigenvalue weighted by Crippen LogP contribution is 2.24. The number of rotatable bonds is 6. The van der Waals surface area contributed by atoms with Gasteiger partial charge in [0, 0.05) is 45.5 Å². The summed E-state index contributed by atoms with van der Waals surface area (Å²) in [5, 5.41) is 8.73. The predicted octanol–water partition coefficient (Wildman–Crippen LogP) is 1.29. The Labute approximate surface area is 169 Å². The van der Waals surface area contributed by atoms with Crippen LogP contribution in [0.2, 0.25) is 0 Å². The molecule has 8 nitrogen and oxygen atoms in total. The average molecular weight is 402 g/mol. The Bertz CT molecular complexity index is 847. The first-order chi connectivity index (χ1) is 14.1. The zero-order valence-corrected chi connectivity index (χ0v) is 16.9. The van der Waals surface area contributed by atoms with Crippen LogP contribution in [0.25, 0.3) is 0 Å². The molecule has 0 radical (unpaired) electrons. The largest absolute Gasteiger partial charge is 0.383 e. The van der Waals surface area contributed by atoms with Crippen molar-refractivity contribution < 1.29 is 13.9 Å². The lowest BCUT2D eigenvalue weighted by Crippen LogP contribution is -2.47. The number of ether oxygens (including phenoxy) is 1. The zero-order chi connectivity index (χ0) is 20.4. The van der Waals surface area contributed by atoms with Crippen LogP contribution in [0.15, 0.2) is 24.3 Å². The molecule has 0 saturated carbocycles.